The SMILES string of the molecule is CC[NH+](CC(=O)N[C@@H](c1ccc(F)cc1)c1cccs1)Cc1cccs1. The summed E-state index contributed by atoms with van der Waals surface area (Å²) >= 11 is 3.30. The topological polar surface area (TPSA) is 33.5 Å². The number of nitrogens with one attached hydrogen (secondary N) is 2. The molecule has 0 fully saturated rings. The van der Waals surface area contributed by atoms with Crippen molar-refractivity contribution in [2.75, 3.05) is 13.1 Å². The highest BCUT2D eigenvalue weighted by atomic mass is 32.1. The second-order valence-corrected chi connectivity index (χ2v) is 8.12. The second-order valence-electron chi connectivity index (χ2n) is 6.10. The minimum absolute atomic E-state index is 0.00105. The van der Waals surface area contributed by atoms with Crippen LogP contribution in [0.1, 0.15) is 28.3 Å². The zero-order valence-corrected chi connectivity index (χ0v) is 16.2. The predicted octanol–water partition coefficient (Wildman–Crippen LogP) is 3.26. The van der Waals surface area contributed by atoms with E-state index in [1.807, 2.05) is 23.6 Å². The first-order chi connectivity index (χ1) is 12.7. The summed E-state index contributed by atoms with van der Waals surface area (Å²) in [5, 5.41) is 7.18. The summed E-state index contributed by atoms with van der Waals surface area (Å²) in [7, 11) is 0. The van der Waals surface area contributed by atoms with Crippen LogP contribution in [-0.4, -0.2) is 19.0 Å². The van der Waals surface area contributed by atoms with Crippen LogP contribution in [0.5, 0.6) is 0 Å². The summed E-state index contributed by atoms with van der Waals surface area (Å²) in [6.45, 7) is 4.23. The quantitative estimate of drug-likeness (QED) is 0.609. The molecular weight excluding hydrogens is 367 g/mol. The highest BCUT2D eigenvalue weighted by Gasteiger charge is 2.21. The summed E-state index contributed by atoms with van der Waals surface area (Å²) in [6, 6.07) is 14.2. The number of halogens is 1. The van der Waals surface area contributed by atoms with Crippen molar-refractivity contribution in [3.63, 3.8) is 0 Å². The van der Waals surface area contributed by atoms with Gasteiger partial charge in [0.25, 0.3) is 5.91 Å². The van der Waals surface area contributed by atoms with Crippen molar-refractivity contribution in [2.45, 2.75) is 19.5 Å². The lowest BCUT2D eigenvalue weighted by Crippen LogP contribution is -3.11. The Balaban J connectivity index is 1.69. The fourth-order valence-corrected chi connectivity index (χ4v) is 4.42. The van der Waals surface area contributed by atoms with E-state index in [9.17, 15) is 9.18 Å². The molecule has 1 aromatic carbocycles. The number of hydrogen-bond acceptors (Lipinski definition) is 3. The van der Waals surface area contributed by atoms with Crippen LogP contribution in [0, 0.1) is 5.82 Å². The van der Waals surface area contributed by atoms with Gasteiger partial charge in [-0.1, -0.05) is 24.3 Å². The molecule has 2 N–H and O–H groups in total. The first-order valence-corrected chi connectivity index (χ1v) is 10.4. The maximum Gasteiger partial charge on any atom is 0.275 e. The van der Waals surface area contributed by atoms with Gasteiger partial charge in [0.15, 0.2) is 6.54 Å². The van der Waals surface area contributed by atoms with Crippen molar-refractivity contribution in [2.24, 2.45) is 0 Å². The number of benzene rings is 1. The second kappa shape index (κ2) is 9.07. The molecule has 2 heterocycles. The minimum Gasteiger partial charge on any atom is -0.339 e. The third kappa shape index (κ3) is 5.00. The average Bonchev–Trinajstić information content (AvgIpc) is 3.34. The molecule has 0 aliphatic rings. The van der Waals surface area contributed by atoms with E-state index in [0.717, 1.165) is 23.5 Å². The molecule has 1 amide bonds. The number of amides is 1. The van der Waals surface area contributed by atoms with Crippen molar-refractivity contribution < 1.29 is 14.1 Å². The Hall–Kier alpha value is -2.02. The van der Waals surface area contributed by atoms with Gasteiger partial charge in [0.2, 0.25) is 0 Å². The van der Waals surface area contributed by atoms with Gasteiger partial charge in [0.05, 0.1) is 17.5 Å². The molecule has 26 heavy (non-hydrogen) atoms. The van der Waals surface area contributed by atoms with Gasteiger partial charge >= 0.3 is 0 Å². The predicted molar refractivity (Wildman–Crippen MR) is 105 cm³/mol. The summed E-state index contributed by atoms with van der Waals surface area (Å²) in [5.74, 6) is -0.274. The van der Waals surface area contributed by atoms with Crippen LogP contribution in [0.4, 0.5) is 4.39 Å². The zero-order chi connectivity index (χ0) is 18.4. The Bertz CT molecular complexity index is 801. The van der Waals surface area contributed by atoms with E-state index in [-0.39, 0.29) is 17.8 Å². The number of thiophene rings is 2. The Morgan fingerprint density at radius 3 is 2.46 bits per heavy atom. The maximum atomic E-state index is 13.3. The van der Waals surface area contributed by atoms with E-state index in [1.54, 1.807) is 34.8 Å². The molecule has 0 radical (unpaired) electrons. The maximum absolute atomic E-state index is 13.3. The number of hydrogen-bond donors (Lipinski definition) is 2. The van der Waals surface area contributed by atoms with Gasteiger partial charge < -0.3 is 10.2 Å². The monoisotopic (exact) mass is 389 g/mol. The molecule has 0 spiro atoms. The van der Waals surface area contributed by atoms with E-state index in [0.29, 0.717) is 6.54 Å². The highest BCUT2D eigenvalue weighted by molar-refractivity contribution is 7.10. The van der Waals surface area contributed by atoms with E-state index in [1.165, 1.54) is 21.9 Å². The summed E-state index contributed by atoms with van der Waals surface area (Å²) < 4.78 is 13.3. The fraction of sp³-hybridized carbons (Fsp3) is 0.250. The van der Waals surface area contributed by atoms with Crippen LogP contribution >= 0.6 is 22.7 Å². The molecule has 0 aliphatic heterocycles. The first kappa shape index (κ1) is 18.8. The van der Waals surface area contributed by atoms with Crippen molar-refractivity contribution in [3.8, 4) is 0 Å². The lowest BCUT2D eigenvalue weighted by Gasteiger charge is -2.21. The van der Waals surface area contributed by atoms with Crippen molar-refractivity contribution in [1.29, 1.82) is 0 Å². The molecule has 3 aromatic rings. The van der Waals surface area contributed by atoms with Crippen LogP contribution < -0.4 is 10.2 Å². The van der Waals surface area contributed by atoms with E-state index >= 15 is 0 Å². The first-order valence-electron chi connectivity index (χ1n) is 8.60. The molecule has 6 heteroatoms. The van der Waals surface area contributed by atoms with E-state index in [2.05, 4.69) is 23.7 Å². The molecular formula is C20H22FN2OS2+. The molecule has 0 aliphatic carbocycles. The third-order valence-electron chi connectivity index (χ3n) is 4.25. The van der Waals surface area contributed by atoms with E-state index < -0.39 is 0 Å². The van der Waals surface area contributed by atoms with Crippen molar-refractivity contribution in [3.05, 3.63) is 80.4 Å². The molecule has 0 saturated heterocycles. The molecule has 3 nitrogen and oxygen atoms in total. The van der Waals surface area contributed by atoms with Crippen LogP contribution in [0.2, 0.25) is 0 Å². The van der Waals surface area contributed by atoms with Gasteiger partial charge in [-0.05, 0) is 47.5 Å². The highest BCUT2D eigenvalue weighted by Crippen LogP contribution is 2.26. The van der Waals surface area contributed by atoms with Gasteiger partial charge in [0.1, 0.15) is 12.4 Å². The van der Waals surface area contributed by atoms with Crippen LogP contribution in [0.25, 0.3) is 0 Å². The molecule has 0 bridgehead atoms. The molecule has 2 atom stereocenters. The van der Waals surface area contributed by atoms with Crippen LogP contribution in [-0.2, 0) is 11.3 Å². The Morgan fingerprint density at radius 2 is 1.85 bits per heavy atom. The minimum atomic E-state index is -0.275. The Labute approximate surface area is 161 Å². The van der Waals surface area contributed by atoms with Crippen LogP contribution in [0.15, 0.2) is 59.3 Å². The van der Waals surface area contributed by atoms with Gasteiger partial charge in [-0.25, -0.2) is 4.39 Å². The number of quaternary nitrogens is 1. The molecule has 136 valence electrons. The Kier molecular flexibility index (Phi) is 6.55. The largest absolute Gasteiger partial charge is 0.339 e. The normalized spacial score (nSPS) is 13.3. The molecule has 3 rings (SSSR count). The average molecular weight is 390 g/mol. The summed E-state index contributed by atoms with van der Waals surface area (Å²) in [6.07, 6.45) is 0. The lowest BCUT2D eigenvalue weighted by molar-refractivity contribution is -0.903. The van der Waals surface area contributed by atoms with Gasteiger partial charge in [-0.15, -0.1) is 22.7 Å². The van der Waals surface area contributed by atoms with E-state index in [4.69, 9.17) is 0 Å². The number of carbonyl (C=O) groups is 1. The number of likely N-dealkylation sites (N-methyl/N-ethyl adjacent to an activating group) is 1. The third-order valence-corrected chi connectivity index (χ3v) is 6.06. The standard InChI is InChI=1S/C20H21FN2OS2/c1-2-23(13-17-5-3-11-25-17)14-19(24)22-20(18-6-4-12-26-18)15-7-9-16(21)10-8-15/h3-12,20H,2,13-14H2,1H3,(H,22,24)/p+1/t20-/m0/s1. The molecule has 1 unspecified atom stereocenters. The summed E-state index contributed by atoms with van der Waals surface area (Å²) in [5.41, 5.74) is 0.888. The fourth-order valence-electron chi connectivity index (χ4n) is 2.84. The lowest BCUT2D eigenvalue weighted by atomic mass is 10.1. The molecule has 2 aromatic heterocycles. The smallest absolute Gasteiger partial charge is 0.275 e. The number of carbonyl (C=O) groups excluding carboxylic acids is 1. The molecule has 0 saturated carbocycles. The van der Waals surface area contributed by atoms with Gasteiger partial charge in [-0.2, -0.15) is 0 Å². The van der Waals surface area contributed by atoms with Gasteiger partial charge in [-0.3, -0.25) is 4.79 Å². The van der Waals surface area contributed by atoms with Crippen LogP contribution in [0.3, 0.4) is 0 Å². The number of rotatable bonds is 8. The van der Waals surface area contributed by atoms with Gasteiger partial charge in [0, 0.05) is 4.88 Å². The zero-order valence-electron chi connectivity index (χ0n) is 14.6. The Morgan fingerprint density at radius 1 is 1.12 bits per heavy atom. The van der Waals surface area contributed by atoms with Crippen molar-refractivity contribution in [1.82, 2.24) is 5.32 Å². The summed E-state index contributed by atoms with van der Waals surface area (Å²) in [4.78, 5) is 16.2. The van der Waals surface area contributed by atoms with Crippen molar-refractivity contribution >= 4 is 28.6 Å².